The van der Waals surface area contributed by atoms with Crippen molar-refractivity contribution in [2.75, 3.05) is 19.1 Å². The van der Waals surface area contributed by atoms with E-state index >= 15 is 0 Å². The first-order valence-corrected chi connectivity index (χ1v) is 8.97. The molecule has 1 heterocycles. The molecule has 2 nitrogen and oxygen atoms in total. The predicted octanol–water partition coefficient (Wildman–Crippen LogP) is 3.60. The summed E-state index contributed by atoms with van der Waals surface area (Å²) in [7, 11) is 2.22. The Morgan fingerprint density at radius 3 is 2.56 bits per heavy atom. The van der Waals surface area contributed by atoms with Crippen LogP contribution in [0.25, 0.3) is 0 Å². The molecule has 0 saturated carbocycles. The SMILES string of the molecule is CCC(N)C(c1ccsc1)N(C)C(CC)CSC. The molecule has 0 fully saturated rings. The zero-order chi connectivity index (χ0) is 13.5. The molecule has 1 aromatic rings. The molecule has 0 aromatic carbocycles. The number of thioether (sulfide) groups is 1. The number of rotatable bonds is 8. The van der Waals surface area contributed by atoms with Crippen molar-refractivity contribution >= 4 is 23.1 Å². The fourth-order valence-electron chi connectivity index (χ4n) is 2.39. The molecule has 0 radical (unpaired) electrons. The van der Waals surface area contributed by atoms with Crippen LogP contribution < -0.4 is 5.73 Å². The molecule has 18 heavy (non-hydrogen) atoms. The van der Waals surface area contributed by atoms with Gasteiger partial charge in [0.25, 0.3) is 0 Å². The van der Waals surface area contributed by atoms with E-state index in [0.29, 0.717) is 12.1 Å². The van der Waals surface area contributed by atoms with Gasteiger partial charge < -0.3 is 5.73 Å². The minimum absolute atomic E-state index is 0.209. The van der Waals surface area contributed by atoms with E-state index in [9.17, 15) is 0 Å². The van der Waals surface area contributed by atoms with Crippen LogP contribution in [0.4, 0.5) is 0 Å². The third-order valence-corrected chi connectivity index (χ3v) is 5.03. The van der Waals surface area contributed by atoms with Crippen molar-refractivity contribution in [2.45, 2.75) is 44.8 Å². The molecule has 0 bridgehead atoms. The van der Waals surface area contributed by atoms with Gasteiger partial charge in [0, 0.05) is 17.8 Å². The second-order valence-corrected chi connectivity index (χ2v) is 6.45. The van der Waals surface area contributed by atoms with Crippen LogP contribution in [0.15, 0.2) is 16.8 Å². The third-order valence-electron chi connectivity index (χ3n) is 3.61. The molecule has 0 saturated heterocycles. The van der Waals surface area contributed by atoms with Crippen molar-refractivity contribution in [1.29, 1.82) is 0 Å². The first-order chi connectivity index (χ1) is 8.65. The summed E-state index contributed by atoms with van der Waals surface area (Å²) in [5.74, 6) is 1.17. The number of hydrogen-bond acceptors (Lipinski definition) is 4. The van der Waals surface area contributed by atoms with Gasteiger partial charge in [-0.15, -0.1) is 0 Å². The maximum absolute atomic E-state index is 6.35. The Balaban J connectivity index is 2.88. The summed E-state index contributed by atoms with van der Waals surface area (Å²) in [4.78, 5) is 2.48. The third kappa shape index (κ3) is 3.98. The van der Waals surface area contributed by atoms with E-state index in [1.807, 2.05) is 11.8 Å². The first-order valence-electron chi connectivity index (χ1n) is 6.64. The first kappa shape index (κ1) is 16.0. The maximum atomic E-state index is 6.35. The molecule has 104 valence electrons. The molecule has 0 aliphatic heterocycles. The Kier molecular flexibility index (Phi) is 7.30. The highest BCUT2D eigenvalue weighted by molar-refractivity contribution is 7.98. The van der Waals surface area contributed by atoms with Crippen molar-refractivity contribution in [3.8, 4) is 0 Å². The van der Waals surface area contributed by atoms with Crippen LogP contribution in [0.5, 0.6) is 0 Å². The number of nitrogens with two attached hydrogens (primary N) is 1. The fourth-order valence-corrected chi connectivity index (χ4v) is 3.94. The topological polar surface area (TPSA) is 29.3 Å². The van der Waals surface area contributed by atoms with Crippen LogP contribution >= 0.6 is 23.1 Å². The van der Waals surface area contributed by atoms with E-state index < -0.39 is 0 Å². The summed E-state index contributed by atoms with van der Waals surface area (Å²) in [5.41, 5.74) is 7.73. The van der Waals surface area contributed by atoms with E-state index in [0.717, 1.165) is 6.42 Å². The molecule has 3 unspecified atom stereocenters. The number of nitrogens with zero attached hydrogens (tertiary/aromatic N) is 1. The average Bonchev–Trinajstić information content (AvgIpc) is 2.89. The lowest BCUT2D eigenvalue weighted by Gasteiger charge is -2.37. The van der Waals surface area contributed by atoms with Crippen molar-refractivity contribution in [3.05, 3.63) is 22.4 Å². The van der Waals surface area contributed by atoms with E-state index in [1.54, 1.807) is 11.3 Å². The van der Waals surface area contributed by atoms with E-state index in [2.05, 4.69) is 48.9 Å². The standard InChI is InChI=1S/C14H26N2S2/c1-5-12(10-17-4)16(3)14(13(15)6-2)11-7-8-18-9-11/h7-9,12-14H,5-6,10,15H2,1-4H3. The van der Waals surface area contributed by atoms with Crippen molar-refractivity contribution in [3.63, 3.8) is 0 Å². The van der Waals surface area contributed by atoms with Gasteiger partial charge in [-0.1, -0.05) is 13.8 Å². The molecular weight excluding hydrogens is 260 g/mol. The van der Waals surface area contributed by atoms with E-state index in [-0.39, 0.29) is 6.04 Å². The zero-order valence-electron chi connectivity index (χ0n) is 11.9. The normalized spacial score (nSPS) is 16.8. The molecule has 0 aliphatic carbocycles. The van der Waals surface area contributed by atoms with Gasteiger partial charge in [-0.25, -0.2) is 0 Å². The number of likely N-dealkylation sites (N-methyl/N-ethyl adjacent to an activating group) is 1. The Hall–Kier alpha value is -0.0300. The summed E-state index contributed by atoms with van der Waals surface area (Å²) in [6, 6.07) is 3.37. The fraction of sp³-hybridized carbons (Fsp3) is 0.714. The maximum Gasteiger partial charge on any atom is 0.0507 e. The second-order valence-electron chi connectivity index (χ2n) is 4.76. The van der Waals surface area contributed by atoms with Gasteiger partial charge in [0.05, 0.1) is 6.04 Å². The lowest BCUT2D eigenvalue weighted by molar-refractivity contribution is 0.158. The largest absolute Gasteiger partial charge is 0.326 e. The Labute approximate surface area is 120 Å². The van der Waals surface area contributed by atoms with Crippen molar-refractivity contribution in [1.82, 2.24) is 4.90 Å². The minimum Gasteiger partial charge on any atom is -0.326 e. The van der Waals surface area contributed by atoms with Crippen LogP contribution in [0, 0.1) is 0 Å². The molecule has 0 amide bonds. The lowest BCUT2D eigenvalue weighted by Crippen LogP contribution is -2.44. The molecule has 0 spiro atoms. The highest BCUT2D eigenvalue weighted by Gasteiger charge is 2.27. The summed E-state index contributed by atoms with van der Waals surface area (Å²) >= 11 is 3.68. The molecule has 2 N–H and O–H groups in total. The van der Waals surface area contributed by atoms with E-state index in [4.69, 9.17) is 5.73 Å². The molecule has 1 aromatic heterocycles. The van der Waals surface area contributed by atoms with Crippen LogP contribution in [0.2, 0.25) is 0 Å². The van der Waals surface area contributed by atoms with Gasteiger partial charge in [0.15, 0.2) is 0 Å². The van der Waals surface area contributed by atoms with E-state index in [1.165, 1.54) is 17.7 Å². The summed E-state index contributed by atoms with van der Waals surface area (Å²) < 4.78 is 0. The zero-order valence-corrected chi connectivity index (χ0v) is 13.6. The number of hydrogen-bond donors (Lipinski definition) is 1. The van der Waals surface area contributed by atoms with Crippen molar-refractivity contribution in [2.24, 2.45) is 5.73 Å². The van der Waals surface area contributed by atoms with Gasteiger partial charge >= 0.3 is 0 Å². The Morgan fingerprint density at radius 2 is 2.11 bits per heavy atom. The monoisotopic (exact) mass is 286 g/mol. The molecule has 4 heteroatoms. The smallest absolute Gasteiger partial charge is 0.0507 e. The van der Waals surface area contributed by atoms with Crippen LogP contribution in [0.3, 0.4) is 0 Å². The highest BCUT2D eigenvalue weighted by Crippen LogP contribution is 2.29. The minimum atomic E-state index is 0.209. The summed E-state index contributed by atoms with van der Waals surface area (Å²) in [5, 5.41) is 4.39. The van der Waals surface area contributed by atoms with Crippen LogP contribution in [-0.2, 0) is 0 Å². The Bertz CT molecular complexity index is 314. The summed E-state index contributed by atoms with van der Waals surface area (Å²) in [6.45, 7) is 4.44. The molecule has 3 atom stereocenters. The van der Waals surface area contributed by atoms with Crippen molar-refractivity contribution < 1.29 is 0 Å². The highest BCUT2D eigenvalue weighted by atomic mass is 32.2. The second kappa shape index (κ2) is 8.20. The average molecular weight is 287 g/mol. The quantitative estimate of drug-likeness (QED) is 0.792. The van der Waals surface area contributed by atoms with Gasteiger partial charge in [-0.2, -0.15) is 23.1 Å². The van der Waals surface area contributed by atoms with Gasteiger partial charge in [0.1, 0.15) is 0 Å². The predicted molar refractivity (Wildman–Crippen MR) is 85.6 cm³/mol. The van der Waals surface area contributed by atoms with Gasteiger partial charge in [-0.05, 0) is 48.5 Å². The molecular formula is C14H26N2S2. The molecule has 0 aliphatic rings. The summed E-state index contributed by atoms with van der Waals surface area (Å²) in [6.07, 6.45) is 4.37. The molecule has 1 rings (SSSR count). The van der Waals surface area contributed by atoms with Gasteiger partial charge in [0.2, 0.25) is 0 Å². The lowest BCUT2D eigenvalue weighted by atomic mass is 9.97. The van der Waals surface area contributed by atoms with Crippen LogP contribution in [0.1, 0.15) is 38.3 Å². The Morgan fingerprint density at radius 1 is 1.39 bits per heavy atom. The number of thiophene rings is 1. The van der Waals surface area contributed by atoms with Gasteiger partial charge in [-0.3, -0.25) is 4.90 Å². The van der Waals surface area contributed by atoms with Crippen LogP contribution in [-0.4, -0.2) is 36.0 Å².